The lowest BCUT2D eigenvalue weighted by Gasteiger charge is -2.10. The fourth-order valence-corrected chi connectivity index (χ4v) is 3.61. The topological polar surface area (TPSA) is 86.1 Å². The Kier molecular flexibility index (Phi) is 7.41. The van der Waals surface area contributed by atoms with Crippen molar-refractivity contribution in [3.8, 4) is 11.4 Å². The zero-order valence-corrected chi connectivity index (χ0v) is 18.3. The van der Waals surface area contributed by atoms with Gasteiger partial charge in [0, 0.05) is 19.2 Å². The predicted molar refractivity (Wildman–Crippen MR) is 116 cm³/mol. The molecule has 7 nitrogen and oxygen atoms in total. The number of aromatic nitrogens is 3. The fourth-order valence-electron chi connectivity index (χ4n) is 2.87. The van der Waals surface area contributed by atoms with E-state index in [0.29, 0.717) is 29.7 Å². The first kappa shape index (κ1) is 22.5. The van der Waals surface area contributed by atoms with Crippen LogP contribution in [0.2, 0.25) is 0 Å². The van der Waals surface area contributed by atoms with Gasteiger partial charge in [-0.1, -0.05) is 17.8 Å². The van der Waals surface area contributed by atoms with E-state index >= 15 is 0 Å². The molecule has 0 aliphatic heterocycles. The van der Waals surface area contributed by atoms with Gasteiger partial charge in [-0.15, -0.1) is 10.2 Å². The molecule has 1 aromatic heterocycles. The number of rotatable bonds is 8. The van der Waals surface area contributed by atoms with Crippen molar-refractivity contribution in [1.82, 2.24) is 20.1 Å². The monoisotopic (exact) mass is 442 g/mol. The summed E-state index contributed by atoms with van der Waals surface area (Å²) in [5, 5.41) is 11.7. The molecule has 0 atom stereocenters. The number of carbonyl (C=O) groups excluding carboxylic acids is 2. The number of hydrogen-bond donors (Lipinski definition) is 1. The molecule has 3 rings (SSSR count). The third kappa shape index (κ3) is 5.69. The van der Waals surface area contributed by atoms with E-state index in [-0.39, 0.29) is 23.4 Å². The molecule has 1 N–H and O–H groups in total. The Morgan fingerprint density at radius 1 is 1.16 bits per heavy atom. The van der Waals surface area contributed by atoms with Gasteiger partial charge in [-0.25, -0.2) is 9.18 Å². The minimum Gasteiger partial charge on any atom is -0.462 e. The maximum atomic E-state index is 13.1. The van der Waals surface area contributed by atoms with Crippen molar-refractivity contribution in [3.05, 3.63) is 65.0 Å². The van der Waals surface area contributed by atoms with Crippen LogP contribution in [0.25, 0.3) is 11.4 Å². The minimum absolute atomic E-state index is 0.159. The first-order valence-electron chi connectivity index (χ1n) is 9.70. The highest BCUT2D eigenvalue weighted by molar-refractivity contribution is 7.99. The smallest absolute Gasteiger partial charge is 0.338 e. The van der Waals surface area contributed by atoms with Crippen LogP contribution in [0.15, 0.2) is 47.6 Å². The Labute approximate surface area is 184 Å². The van der Waals surface area contributed by atoms with E-state index in [1.54, 1.807) is 42.8 Å². The van der Waals surface area contributed by atoms with Gasteiger partial charge < -0.3 is 14.6 Å². The van der Waals surface area contributed by atoms with Crippen LogP contribution < -0.4 is 5.32 Å². The highest BCUT2D eigenvalue weighted by Gasteiger charge is 2.14. The largest absolute Gasteiger partial charge is 0.462 e. The molecule has 0 aliphatic carbocycles. The van der Waals surface area contributed by atoms with Gasteiger partial charge in [-0.3, -0.25) is 4.79 Å². The Morgan fingerprint density at radius 2 is 1.90 bits per heavy atom. The minimum atomic E-state index is -0.384. The van der Waals surface area contributed by atoms with Gasteiger partial charge in [0.1, 0.15) is 5.82 Å². The van der Waals surface area contributed by atoms with Crippen LogP contribution in [0, 0.1) is 12.7 Å². The Bertz CT molecular complexity index is 1080. The molecule has 0 fully saturated rings. The van der Waals surface area contributed by atoms with Gasteiger partial charge in [0.25, 0.3) is 0 Å². The lowest BCUT2D eigenvalue weighted by molar-refractivity contribution is -0.118. The number of hydrogen-bond acceptors (Lipinski definition) is 6. The molecule has 0 saturated carbocycles. The number of amides is 1. The van der Waals surface area contributed by atoms with Gasteiger partial charge in [-0.05, 0) is 61.4 Å². The highest BCUT2D eigenvalue weighted by atomic mass is 32.2. The Balaban J connectivity index is 1.57. The summed E-state index contributed by atoms with van der Waals surface area (Å²) in [6.45, 7) is 4.28. The average Bonchev–Trinajstić information content (AvgIpc) is 3.12. The molecule has 0 bridgehead atoms. The van der Waals surface area contributed by atoms with Crippen molar-refractivity contribution in [2.75, 3.05) is 12.4 Å². The molecule has 9 heteroatoms. The standard InChI is InChI=1S/C22H23FN4O3S/c1-4-30-21(29)16-6-5-14(2)17(11-16)12-24-19(28)13-31-22-26-25-20(27(22)3)15-7-9-18(23)10-8-15/h5-11H,4,12-13H2,1-3H3,(H,24,28). The first-order chi connectivity index (χ1) is 14.9. The lowest BCUT2D eigenvalue weighted by Crippen LogP contribution is -2.25. The molecule has 0 saturated heterocycles. The van der Waals surface area contributed by atoms with E-state index in [0.717, 1.165) is 16.7 Å². The second-order valence-corrected chi connectivity index (χ2v) is 7.74. The van der Waals surface area contributed by atoms with Crippen LogP contribution in [0.1, 0.15) is 28.4 Å². The fraction of sp³-hybridized carbons (Fsp3) is 0.273. The number of nitrogens with one attached hydrogen (secondary N) is 1. The molecule has 2 aromatic carbocycles. The molecule has 1 heterocycles. The molecule has 0 spiro atoms. The van der Waals surface area contributed by atoms with Crippen molar-refractivity contribution in [1.29, 1.82) is 0 Å². The SMILES string of the molecule is CCOC(=O)c1ccc(C)c(CNC(=O)CSc2nnc(-c3ccc(F)cc3)n2C)c1. The zero-order chi connectivity index (χ0) is 22.4. The summed E-state index contributed by atoms with van der Waals surface area (Å²) in [7, 11) is 1.79. The van der Waals surface area contributed by atoms with E-state index in [9.17, 15) is 14.0 Å². The van der Waals surface area contributed by atoms with E-state index in [4.69, 9.17) is 4.74 Å². The van der Waals surface area contributed by atoms with Crippen molar-refractivity contribution < 1.29 is 18.7 Å². The van der Waals surface area contributed by atoms with Crippen LogP contribution in [0.5, 0.6) is 0 Å². The van der Waals surface area contributed by atoms with E-state index in [2.05, 4.69) is 15.5 Å². The molecule has 1 amide bonds. The number of carbonyl (C=O) groups is 2. The van der Waals surface area contributed by atoms with Gasteiger partial charge in [0.2, 0.25) is 5.91 Å². The predicted octanol–water partition coefficient (Wildman–Crippen LogP) is 3.51. The van der Waals surface area contributed by atoms with Crippen LogP contribution in [0.4, 0.5) is 4.39 Å². The molecule has 0 radical (unpaired) electrons. The van der Waals surface area contributed by atoms with Crippen molar-refractivity contribution in [3.63, 3.8) is 0 Å². The van der Waals surface area contributed by atoms with E-state index in [1.165, 1.54) is 23.9 Å². The summed E-state index contributed by atoms with van der Waals surface area (Å²) in [6, 6.07) is 11.3. The first-order valence-corrected chi connectivity index (χ1v) is 10.7. The molecule has 3 aromatic rings. The zero-order valence-electron chi connectivity index (χ0n) is 17.5. The molecule has 162 valence electrons. The summed E-state index contributed by atoms with van der Waals surface area (Å²) >= 11 is 1.26. The molecular formula is C22H23FN4O3S. The Hall–Kier alpha value is -3.20. The maximum Gasteiger partial charge on any atom is 0.338 e. The lowest BCUT2D eigenvalue weighted by atomic mass is 10.0. The number of benzene rings is 2. The van der Waals surface area contributed by atoms with Crippen LogP contribution in [-0.4, -0.2) is 39.0 Å². The number of aryl methyl sites for hydroxylation is 1. The second-order valence-electron chi connectivity index (χ2n) is 6.80. The third-order valence-electron chi connectivity index (χ3n) is 4.61. The third-order valence-corrected chi connectivity index (χ3v) is 5.63. The molecular weight excluding hydrogens is 419 g/mol. The van der Waals surface area contributed by atoms with E-state index in [1.807, 2.05) is 13.0 Å². The van der Waals surface area contributed by atoms with Crippen molar-refractivity contribution in [2.24, 2.45) is 7.05 Å². The number of ether oxygens (including phenoxy) is 1. The van der Waals surface area contributed by atoms with Gasteiger partial charge in [0.05, 0.1) is 17.9 Å². The number of thioether (sulfide) groups is 1. The summed E-state index contributed by atoms with van der Waals surface area (Å²) in [4.78, 5) is 24.2. The quantitative estimate of drug-likeness (QED) is 0.424. The molecule has 31 heavy (non-hydrogen) atoms. The summed E-state index contributed by atoms with van der Waals surface area (Å²) < 4.78 is 19.9. The summed E-state index contributed by atoms with van der Waals surface area (Å²) in [6.07, 6.45) is 0. The van der Waals surface area contributed by atoms with Crippen LogP contribution in [0.3, 0.4) is 0 Å². The Morgan fingerprint density at radius 3 is 2.61 bits per heavy atom. The van der Waals surface area contributed by atoms with E-state index < -0.39 is 0 Å². The van der Waals surface area contributed by atoms with Crippen molar-refractivity contribution >= 4 is 23.6 Å². The number of nitrogens with zero attached hydrogens (tertiary/aromatic N) is 3. The number of esters is 1. The van der Waals surface area contributed by atoms with Gasteiger partial charge in [-0.2, -0.15) is 0 Å². The molecule has 0 aliphatic rings. The molecule has 0 unspecified atom stereocenters. The second kappa shape index (κ2) is 10.2. The average molecular weight is 443 g/mol. The van der Waals surface area contributed by atoms with Crippen molar-refractivity contribution in [2.45, 2.75) is 25.5 Å². The number of halogens is 1. The van der Waals surface area contributed by atoms with Gasteiger partial charge >= 0.3 is 5.97 Å². The maximum absolute atomic E-state index is 13.1. The highest BCUT2D eigenvalue weighted by Crippen LogP contribution is 2.22. The summed E-state index contributed by atoms with van der Waals surface area (Å²) in [5.74, 6) is -0.122. The van der Waals surface area contributed by atoms with Crippen LogP contribution >= 0.6 is 11.8 Å². The van der Waals surface area contributed by atoms with Crippen LogP contribution in [-0.2, 0) is 23.1 Å². The summed E-state index contributed by atoms with van der Waals surface area (Å²) in [5.41, 5.74) is 3.02. The van der Waals surface area contributed by atoms with Gasteiger partial charge in [0.15, 0.2) is 11.0 Å². The normalized spacial score (nSPS) is 10.7.